The summed E-state index contributed by atoms with van der Waals surface area (Å²) in [6.45, 7) is 2.25. The molecular formula is C13H26N2O4S. The Hall–Kier alpha value is -0.660. The molecule has 0 aromatic rings. The first-order chi connectivity index (χ1) is 9.45. The van der Waals surface area contributed by atoms with Gasteiger partial charge in [0.05, 0.1) is 12.8 Å². The highest BCUT2D eigenvalue weighted by Gasteiger charge is 2.23. The van der Waals surface area contributed by atoms with Crippen molar-refractivity contribution in [1.82, 2.24) is 9.21 Å². The quantitative estimate of drug-likeness (QED) is 0.649. The molecular weight excluding hydrogens is 280 g/mol. The van der Waals surface area contributed by atoms with Crippen LogP contribution in [-0.2, 0) is 19.6 Å². The highest BCUT2D eigenvalue weighted by molar-refractivity contribution is 7.88. The van der Waals surface area contributed by atoms with Crippen LogP contribution in [0.4, 0.5) is 0 Å². The number of hydrogen-bond donors (Lipinski definition) is 0. The third kappa shape index (κ3) is 6.19. The molecule has 0 aliphatic carbocycles. The number of sulfonamides is 1. The predicted molar refractivity (Wildman–Crippen MR) is 78.0 cm³/mol. The summed E-state index contributed by atoms with van der Waals surface area (Å²) in [5, 5.41) is 0. The summed E-state index contributed by atoms with van der Waals surface area (Å²) in [5.74, 6) is -0.0882. The van der Waals surface area contributed by atoms with Crippen molar-refractivity contribution >= 4 is 15.9 Å². The standard InChI is InChI=1S/C13H26N2O4S/c1-19-11-7-10-15(20(2,17)18)12-13(16)14-8-5-3-4-6-9-14/h3-12H2,1-2H3. The van der Waals surface area contributed by atoms with E-state index in [1.54, 1.807) is 12.0 Å². The van der Waals surface area contributed by atoms with Crippen LogP contribution in [0.1, 0.15) is 32.1 Å². The molecule has 0 unspecified atom stereocenters. The molecule has 0 spiro atoms. The van der Waals surface area contributed by atoms with Gasteiger partial charge in [-0.15, -0.1) is 0 Å². The summed E-state index contributed by atoms with van der Waals surface area (Å²) >= 11 is 0. The summed E-state index contributed by atoms with van der Waals surface area (Å²) in [5.41, 5.74) is 0. The van der Waals surface area contributed by atoms with E-state index < -0.39 is 10.0 Å². The van der Waals surface area contributed by atoms with Crippen LogP contribution >= 0.6 is 0 Å². The molecule has 20 heavy (non-hydrogen) atoms. The Balaban J connectivity index is 2.56. The van der Waals surface area contributed by atoms with E-state index in [1.165, 1.54) is 4.31 Å². The summed E-state index contributed by atoms with van der Waals surface area (Å²) in [6, 6.07) is 0. The molecule has 0 bridgehead atoms. The van der Waals surface area contributed by atoms with Gasteiger partial charge in [0, 0.05) is 33.4 Å². The van der Waals surface area contributed by atoms with Crippen LogP contribution in [0.3, 0.4) is 0 Å². The summed E-state index contributed by atoms with van der Waals surface area (Å²) in [7, 11) is -1.78. The zero-order valence-electron chi connectivity index (χ0n) is 12.5. The maximum Gasteiger partial charge on any atom is 0.237 e. The van der Waals surface area contributed by atoms with Crippen LogP contribution in [-0.4, -0.2) is 69.7 Å². The number of hydrogen-bond acceptors (Lipinski definition) is 4. The van der Waals surface area contributed by atoms with Gasteiger partial charge >= 0.3 is 0 Å². The number of rotatable bonds is 7. The lowest BCUT2D eigenvalue weighted by Gasteiger charge is -2.25. The molecule has 0 aromatic heterocycles. The zero-order chi connectivity index (χ0) is 15.0. The van der Waals surface area contributed by atoms with E-state index in [9.17, 15) is 13.2 Å². The summed E-state index contributed by atoms with van der Waals surface area (Å²) < 4.78 is 29.6. The molecule has 1 rings (SSSR count). The number of methoxy groups -OCH3 is 1. The van der Waals surface area contributed by atoms with Gasteiger partial charge in [0.1, 0.15) is 0 Å². The molecule has 0 saturated carbocycles. The molecule has 118 valence electrons. The van der Waals surface area contributed by atoms with E-state index in [2.05, 4.69) is 0 Å². The molecule has 0 aromatic carbocycles. The van der Waals surface area contributed by atoms with Crippen molar-refractivity contribution < 1.29 is 17.9 Å². The van der Waals surface area contributed by atoms with Gasteiger partial charge in [0.2, 0.25) is 15.9 Å². The Kier molecular flexibility index (Phi) is 7.47. The van der Waals surface area contributed by atoms with Gasteiger partial charge < -0.3 is 9.64 Å². The first kappa shape index (κ1) is 17.4. The fourth-order valence-electron chi connectivity index (χ4n) is 2.32. The molecule has 7 heteroatoms. The Morgan fingerprint density at radius 3 is 2.30 bits per heavy atom. The number of amides is 1. The minimum absolute atomic E-state index is 0.0530. The average molecular weight is 306 g/mol. The number of nitrogens with zero attached hydrogens (tertiary/aromatic N) is 2. The molecule has 0 radical (unpaired) electrons. The maximum atomic E-state index is 12.2. The van der Waals surface area contributed by atoms with Crippen molar-refractivity contribution in [2.45, 2.75) is 32.1 Å². The van der Waals surface area contributed by atoms with Gasteiger partial charge in [0.25, 0.3) is 0 Å². The predicted octanol–water partition coefficient (Wildman–Crippen LogP) is 0.687. The Labute approximate surface area is 122 Å². The zero-order valence-corrected chi connectivity index (χ0v) is 13.3. The molecule has 0 N–H and O–H groups in total. The lowest BCUT2D eigenvalue weighted by Crippen LogP contribution is -2.43. The molecule has 6 nitrogen and oxygen atoms in total. The molecule has 1 aliphatic heterocycles. The number of likely N-dealkylation sites (tertiary alicyclic amines) is 1. The molecule has 1 aliphatic rings. The Morgan fingerprint density at radius 1 is 1.20 bits per heavy atom. The van der Waals surface area contributed by atoms with Crippen LogP contribution < -0.4 is 0 Å². The molecule has 1 fully saturated rings. The smallest absolute Gasteiger partial charge is 0.237 e. The SMILES string of the molecule is COCCCN(CC(=O)N1CCCCCC1)S(C)(=O)=O. The van der Waals surface area contributed by atoms with Crippen molar-refractivity contribution in [3.05, 3.63) is 0 Å². The fourth-order valence-corrected chi connectivity index (χ4v) is 3.12. The van der Waals surface area contributed by atoms with Crippen molar-refractivity contribution in [3.63, 3.8) is 0 Å². The van der Waals surface area contributed by atoms with E-state index in [4.69, 9.17) is 4.74 Å². The fraction of sp³-hybridized carbons (Fsp3) is 0.923. The van der Waals surface area contributed by atoms with Gasteiger partial charge in [-0.25, -0.2) is 8.42 Å². The largest absolute Gasteiger partial charge is 0.385 e. The van der Waals surface area contributed by atoms with Crippen molar-refractivity contribution in [2.75, 3.05) is 46.2 Å². The molecule has 1 heterocycles. The van der Waals surface area contributed by atoms with Crippen LogP contribution in [0.25, 0.3) is 0 Å². The van der Waals surface area contributed by atoms with Crippen LogP contribution in [0, 0.1) is 0 Å². The van der Waals surface area contributed by atoms with E-state index in [0.717, 1.165) is 45.0 Å². The van der Waals surface area contributed by atoms with E-state index >= 15 is 0 Å². The summed E-state index contributed by atoms with van der Waals surface area (Å²) in [6.07, 6.45) is 6.05. The summed E-state index contributed by atoms with van der Waals surface area (Å²) in [4.78, 5) is 14.0. The second-order valence-electron chi connectivity index (χ2n) is 5.24. The molecule has 0 atom stereocenters. The highest BCUT2D eigenvalue weighted by atomic mass is 32.2. The topological polar surface area (TPSA) is 66.9 Å². The number of carbonyl (C=O) groups excluding carboxylic acids is 1. The van der Waals surface area contributed by atoms with Gasteiger partial charge in [-0.2, -0.15) is 4.31 Å². The lowest BCUT2D eigenvalue weighted by molar-refractivity contribution is -0.131. The monoisotopic (exact) mass is 306 g/mol. The minimum atomic E-state index is -3.36. The molecule has 1 saturated heterocycles. The normalized spacial score (nSPS) is 17.2. The number of carbonyl (C=O) groups is 1. The lowest BCUT2D eigenvalue weighted by atomic mass is 10.2. The Bertz CT molecular complexity index is 389. The van der Waals surface area contributed by atoms with Crippen molar-refractivity contribution in [3.8, 4) is 0 Å². The van der Waals surface area contributed by atoms with Gasteiger partial charge in [-0.05, 0) is 19.3 Å². The Morgan fingerprint density at radius 2 is 1.80 bits per heavy atom. The van der Waals surface area contributed by atoms with Gasteiger partial charge in [-0.3, -0.25) is 4.79 Å². The third-order valence-electron chi connectivity index (χ3n) is 3.50. The maximum absolute atomic E-state index is 12.2. The first-order valence-corrected chi connectivity index (χ1v) is 9.02. The minimum Gasteiger partial charge on any atom is -0.385 e. The van der Waals surface area contributed by atoms with E-state index in [0.29, 0.717) is 19.6 Å². The second-order valence-corrected chi connectivity index (χ2v) is 7.22. The van der Waals surface area contributed by atoms with E-state index in [-0.39, 0.29) is 12.5 Å². The van der Waals surface area contributed by atoms with Crippen LogP contribution in [0.5, 0.6) is 0 Å². The highest BCUT2D eigenvalue weighted by Crippen LogP contribution is 2.11. The number of ether oxygens (including phenoxy) is 1. The van der Waals surface area contributed by atoms with Crippen LogP contribution in [0.15, 0.2) is 0 Å². The first-order valence-electron chi connectivity index (χ1n) is 7.17. The van der Waals surface area contributed by atoms with Gasteiger partial charge in [0.15, 0.2) is 0 Å². The van der Waals surface area contributed by atoms with E-state index in [1.807, 2.05) is 0 Å². The van der Waals surface area contributed by atoms with Crippen molar-refractivity contribution in [1.29, 1.82) is 0 Å². The third-order valence-corrected chi connectivity index (χ3v) is 4.75. The average Bonchev–Trinajstić information content (AvgIpc) is 2.65. The molecule has 1 amide bonds. The second kappa shape index (κ2) is 8.59. The van der Waals surface area contributed by atoms with Crippen LogP contribution in [0.2, 0.25) is 0 Å². The van der Waals surface area contributed by atoms with Crippen molar-refractivity contribution in [2.24, 2.45) is 0 Å². The van der Waals surface area contributed by atoms with Gasteiger partial charge in [-0.1, -0.05) is 12.8 Å².